The lowest BCUT2D eigenvalue weighted by Gasteiger charge is -2.33. The first-order chi connectivity index (χ1) is 13.5. The van der Waals surface area contributed by atoms with E-state index in [2.05, 4.69) is 27.3 Å². The average Bonchev–Trinajstić information content (AvgIpc) is 3.23. The van der Waals surface area contributed by atoms with Crippen LogP contribution < -0.4 is 10.2 Å². The van der Waals surface area contributed by atoms with Crippen LogP contribution in [-0.2, 0) is 11.3 Å². The summed E-state index contributed by atoms with van der Waals surface area (Å²) in [5.41, 5.74) is 0. The summed E-state index contributed by atoms with van der Waals surface area (Å²) in [6.45, 7) is 8.77. The summed E-state index contributed by atoms with van der Waals surface area (Å²) in [4.78, 5) is 15.2. The zero-order valence-corrected chi connectivity index (χ0v) is 17.6. The van der Waals surface area contributed by atoms with E-state index in [1.54, 1.807) is 0 Å². The molecule has 0 radical (unpaired) electrons. The topological polar surface area (TPSA) is 72.3 Å². The molecule has 4 atom stereocenters. The first-order valence-electron chi connectivity index (χ1n) is 11.2. The van der Waals surface area contributed by atoms with E-state index >= 15 is 0 Å². The number of ether oxygens (including phenoxy) is 1. The van der Waals surface area contributed by atoms with Gasteiger partial charge in [-0.15, -0.1) is 10.2 Å². The SMILES string of the molecule is CC(C)NC(=O)c1nnc(N2CC(C)C3CCCCC32)n1CC1CCCCO1. The van der Waals surface area contributed by atoms with Gasteiger partial charge in [0.05, 0.1) is 12.6 Å². The van der Waals surface area contributed by atoms with E-state index < -0.39 is 0 Å². The second-order valence-electron chi connectivity index (χ2n) is 9.20. The molecule has 1 amide bonds. The van der Waals surface area contributed by atoms with Gasteiger partial charge >= 0.3 is 0 Å². The molecule has 0 aromatic carbocycles. The minimum atomic E-state index is -0.142. The predicted molar refractivity (Wildman–Crippen MR) is 108 cm³/mol. The number of hydrogen-bond acceptors (Lipinski definition) is 5. The number of amides is 1. The number of rotatable bonds is 5. The quantitative estimate of drug-likeness (QED) is 0.838. The Hall–Kier alpha value is -1.63. The van der Waals surface area contributed by atoms with Gasteiger partial charge in [-0.3, -0.25) is 9.36 Å². The minimum absolute atomic E-state index is 0.0709. The van der Waals surface area contributed by atoms with Crippen LogP contribution in [0.15, 0.2) is 0 Å². The van der Waals surface area contributed by atoms with E-state index in [4.69, 9.17) is 4.74 Å². The molecule has 2 saturated heterocycles. The first-order valence-corrected chi connectivity index (χ1v) is 11.2. The molecule has 3 fully saturated rings. The van der Waals surface area contributed by atoms with Crippen LogP contribution in [0.25, 0.3) is 0 Å². The van der Waals surface area contributed by atoms with Gasteiger partial charge in [0.25, 0.3) is 5.91 Å². The highest BCUT2D eigenvalue weighted by atomic mass is 16.5. The van der Waals surface area contributed by atoms with E-state index in [1.165, 1.54) is 32.1 Å². The lowest BCUT2D eigenvalue weighted by Crippen LogP contribution is -2.38. The summed E-state index contributed by atoms with van der Waals surface area (Å²) in [7, 11) is 0. The summed E-state index contributed by atoms with van der Waals surface area (Å²) in [5, 5.41) is 11.9. The van der Waals surface area contributed by atoms with Crippen LogP contribution in [0.4, 0.5) is 5.95 Å². The maximum absolute atomic E-state index is 12.8. The third kappa shape index (κ3) is 3.91. The van der Waals surface area contributed by atoms with Gasteiger partial charge in [-0.2, -0.15) is 0 Å². The average molecular weight is 390 g/mol. The Morgan fingerprint density at radius 3 is 2.71 bits per heavy atom. The molecule has 4 rings (SSSR count). The van der Waals surface area contributed by atoms with Crippen molar-refractivity contribution in [2.75, 3.05) is 18.1 Å². The van der Waals surface area contributed by atoms with Gasteiger partial charge in [0.2, 0.25) is 11.8 Å². The molecule has 3 aliphatic rings. The molecule has 0 spiro atoms. The molecule has 0 bridgehead atoms. The molecule has 1 N–H and O–H groups in total. The number of fused-ring (bicyclic) bond motifs is 1. The van der Waals surface area contributed by atoms with Crippen molar-refractivity contribution in [1.29, 1.82) is 0 Å². The summed E-state index contributed by atoms with van der Waals surface area (Å²) >= 11 is 0. The zero-order valence-electron chi connectivity index (χ0n) is 17.6. The molecular formula is C21H35N5O2. The number of nitrogens with one attached hydrogen (secondary N) is 1. The van der Waals surface area contributed by atoms with Crippen molar-refractivity contribution in [1.82, 2.24) is 20.1 Å². The summed E-state index contributed by atoms with van der Waals surface area (Å²) in [5.74, 6) is 2.54. The van der Waals surface area contributed by atoms with E-state index in [-0.39, 0.29) is 18.1 Å². The normalized spacial score (nSPS) is 30.5. The van der Waals surface area contributed by atoms with Crippen molar-refractivity contribution in [3.63, 3.8) is 0 Å². The van der Waals surface area contributed by atoms with E-state index in [1.807, 2.05) is 18.4 Å². The van der Waals surface area contributed by atoms with Crippen LogP contribution >= 0.6 is 0 Å². The highest BCUT2D eigenvalue weighted by Crippen LogP contribution is 2.41. The Bertz CT molecular complexity index is 682. The summed E-state index contributed by atoms with van der Waals surface area (Å²) in [6, 6.07) is 0.599. The maximum Gasteiger partial charge on any atom is 0.289 e. The van der Waals surface area contributed by atoms with Crippen molar-refractivity contribution in [2.24, 2.45) is 11.8 Å². The fourth-order valence-electron chi connectivity index (χ4n) is 5.33. The van der Waals surface area contributed by atoms with Crippen LogP contribution in [0, 0.1) is 11.8 Å². The van der Waals surface area contributed by atoms with Crippen molar-refractivity contribution in [2.45, 2.75) is 90.4 Å². The molecule has 7 heteroatoms. The molecule has 28 heavy (non-hydrogen) atoms. The molecule has 3 heterocycles. The van der Waals surface area contributed by atoms with Crippen LogP contribution in [0.1, 0.15) is 76.3 Å². The van der Waals surface area contributed by atoms with Crippen LogP contribution in [0.3, 0.4) is 0 Å². The van der Waals surface area contributed by atoms with E-state index in [0.717, 1.165) is 37.9 Å². The monoisotopic (exact) mass is 389 g/mol. The minimum Gasteiger partial charge on any atom is -0.376 e. The number of carbonyl (C=O) groups is 1. The highest BCUT2D eigenvalue weighted by Gasteiger charge is 2.43. The summed E-state index contributed by atoms with van der Waals surface area (Å²) in [6.07, 6.45) is 8.62. The second-order valence-corrected chi connectivity index (χ2v) is 9.20. The molecule has 1 aromatic heterocycles. The summed E-state index contributed by atoms with van der Waals surface area (Å²) < 4.78 is 8.02. The third-order valence-electron chi connectivity index (χ3n) is 6.67. The molecular weight excluding hydrogens is 354 g/mol. The van der Waals surface area contributed by atoms with Crippen LogP contribution in [0.2, 0.25) is 0 Å². The smallest absolute Gasteiger partial charge is 0.289 e. The fraction of sp³-hybridized carbons (Fsp3) is 0.857. The van der Waals surface area contributed by atoms with Crippen molar-refractivity contribution >= 4 is 11.9 Å². The highest BCUT2D eigenvalue weighted by molar-refractivity contribution is 5.91. The lowest BCUT2D eigenvalue weighted by atomic mass is 9.80. The van der Waals surface area contributed by atoms with Gasteiger partial charge < -0.3 is 15.0 Å². The number of anilines is 1. The molecule has 7 nitrogen and oxygen atoms in total. The Kier molecular flexibility index (Phi) is 5.90. The Balaban J connectivity index is 1.64. The third-order valence-corrected chi connectivity index (χ3v) is 6.67. The van der Waals surface area contributed by atoms with E-state index in [0.29, 0.717) is 24.3 Å². The largest absolute Gasteiger partial charge is 0.376 e. The van der Waals surface area contributed by atoms with Crippen molar-refractivity contribution in [3.8, 4) is 0 Å². The molecule has 4 unspecified atom stereocenters. The van der Waals surface area contributed by atoms with Gasteiger partial charge in [0, 0.05) is 25.2 Å². The zero-order chi connectivity index (χ0) is 19.7. The van der Waals surface area contributed by atoms with Crippen molar-refractivity contribution in [3.05, 3.63) is 5.82 Å². The van der Waals surface area contributed by atoms with Crippen LogP contribution in [0.5, 0.6) is 0 Å². The Labute approximate surface area is 168 Å². The number of nitrogens with zero attached hydrogens (tertiary/aromatic N) is 4. The molecule has 156 valence electrons. The number of aromatic nitrogens is 3. The fourth-order valence-corrected chi connectivity index (χ4v) is 5.33. The van der Waals surface area contributed by atoms with Gasteiger partial charge in [0.15, 0.2) is 0 Å². The van der Waals surface area contributed by atoms with Gasteiger partial charge in [0.1, 0.15) is 0 Å². The van der Waals surface area contributed by atoms with Crippen LogP contribution in [-0.4, -0.2) is 52.0 Å². The standard InChI is InChI=1S/C21H35N5O2/c1-14(2)22-20(27)19-23-24-21(26(19)13-16-8-6-7-11-28-16)25-12-15(3)17-9-4-5-10-18(17)25/h14-18H,4-13H2,1-3H3,(H,22,27). The lowest BCUT2D eigenvalue weighted by molar-refractivity contribution is 0.00573. The predicted octanol–water partition coefficient (Wildman–Crippen LogP) is 3.00. The van der Waals surface area contributed by atoms with Crippen molar-refractivity contribution < 1.29 is 9.53 Å². The molecule has 2 aliphatic heterocycles. The number of carbonyl (C=O) groups excluding carboxylic acids is 1. The second kappa shape index (κ2) is 8.39. The Morgan fingerprint density at radius 2 is 1.96 bits per heavy atom. The molecule has 1 aliphatic carbocycles. The van der Waals surface area contributed by atoms with Gasteiger partial charge in [-0.05, 0) is 57.8 Å². The van der Waals surface area contributed by atoms with E-state index in [9.17, 15) is 4.79 Å². The number of hydrogen-bond donors (Lipinski definition) is 1. The first kappa shape index (κ1) is 19.7. The molecule has 1 saturated carbocycles. The van der Waals surface area contributed by atoms with Gasteiger partial charge in [-0.25, -0.2) is 0 Å². The van der Waals surface area contributed by atoms with Gasteiger partial charge in [-0.1, -0.05) is 19.8 Å². The molecule has 1 aromatic rings. The maximum atomic E-state index is 12.8. The Morgan fingerprint density at radius 1 is 1.18 bits per heavy atom.